The summed E-state index contributed by atoms with van der Waals surface area (Å²) in [7, 11) is -13.5. The Hall–Kier alpha value is -6.19. The summed E-state index contributed by atoms with van der Waals surface area (Å²) < 4.78 is 96.2. The van der Waals surface area contributed by atoms with Gasteiger partial charge in [0.15, 0.2) is 17.7 Å². The van der Waals surface area contributed by atoms with Crippen molar-refractivity contribution in [3.63, 3.8) is 0 Å². The van der Waals surface area contributed by atoms with Gasteiger partial charge in [0.25, 0.3) is 41.7 Å². The van der Waals surface area contributed by atoms with Crippen molar-refractivity contribution in [2.24, 2.45) is 0 Å². The van der Waals surface area contributed by atoms with Crippen LogP contribution in [0.5, 0.6) is 0 Å². The molecule has 362 valence electrons. The normalized spacial score (nSPS) is 13.1. The molecule has 6 aromatic rings. The van der Waals surface area contributed by atoms with Crippen LogP contribution < -0.4 is 15.4 Å². The Morgan fingerprint density at radius 1 is 0.779 bits per heavy atom. The first-order chi connectivity index (χ1) is 32.2. The van der Waals surface area contributed by atoms with Gasteiger partial charge >= 0.3 is 0 Å². The number of benzene rings is 3. The number of Topliss-reactive ketones (excluding diaryl/α,β-unsaturated/α-hetero) is 2. The van der Waals surface area contributed by atoms with Crippen LogP contribution in [0.4, 0.5) is 5.95 Å². The first-order valence-electron chi connectivity index (χ1n) is 21.1. The zero-order valence-corrected chi connectivity index (χ0v) is 38.6. The van der Waals surface area contributed by atoms with Crippen LogP contribution in [0.25, 0.3) is 33.0 Å². The highest BCUT2D eigenvalue weighted by Crippen LogP contribution is 2.29. The third-order valence-electron chi connectivity index (χ3n) is 10.7. The van der Waals surface area contributed by atoms with Crippen molar-refractivity contribution in [3.8, 4) is 0 Å². The third kappa shape index (κ3) is 12.9. The molecule has 1 amide bonds. The van der Waals surface area contributed by atoms with Crippen LogP contribution in [0.1, 0.15) is 66.2 Å². The van der Waals surface area contributed by atoms with Gasteiger partial charge < -0.3 is 20.6 Å². The molecule has 0 spiro atoms. The number of carbonyl (C=O) groups excluding carboxylic acids is 3. The van der Waals surface area contributed by atoms with Gasteiger partial charge in [0.1, 0.15) is 23.8 Å². The number of aryl methyl sites for hydroxylation is 2. The van der Waals surface area contributed by atoms with E-state index in [0.717, 1.165) is 6.20 Å². The molecule has 68 heavy (non-hydrogen) atoms. The fraction of sp³-hybridized carbons (Fsp3) is 0.349. The molecule has 2 atom stereocenters. The Morgan fingerprint density at radius 2 is 1.38 bits per heavy atom. The van der Waals surface area contributed by atoms with Gasteiger partial charge in [0, 0.05) is 44.5 Å². The van der Waals surface area contributed by atoms with Gasteiger partial charge in [0.2, 0.25) is 17.0 Å². The number of aromatic nitrogens is 5. The summed E-state index contributed by atoms with van der Waals surface area (Å²) in [4.78, 5) is 66.8. The van der Waals surface area contributed by atoms with E-state index in [0.29, 0.717) is 44.5 Å². The van der Waals surface area contributed by atoms with Gasteiger partial charge in [-0.3, -0.25) is 33.3 Å². The molecule has 0 fully saturated rings. The molecular formula is C43H48N7O15S3+. The number of fused-ring (bicyclic) bond motifs is 3. The molecule has 0 saturated heterocycles. The molecule has 3 aromatic heterocycles. The third-order valence-corrected chi connectivity index (χ3v) is 14.1. The second kappa shape index (κ2) is 21.8. The maximum atomic E-state index is 14.7. The SMILES string of the molecule is O=C(CCCc1ccc(S(=O)(=O)N(CCCS(=O)(=O)O)C(=O)c2c3ccccc3[n+](CCCS(=O)(=O)O)c3ccccc23)cc1)CC(=O)CCNc1nc2ncc([C@H](O)[C@H](O)CO)nc2c(=O)[nH]1. The standard InChI is InChI=1S/C43H47N7O15S3/c51-26-36(54)39(55)33-25-45-40-38(46-33)41(56)48-43(47-40)44-19-18-29(53)24-28(52)9-5-8-27-14-16-30(17-15-27)68(64,65)50(21-7-23-67(61,62)63)42(57)37-31-10-1-3-12-34(31)49(20-6-22-66(58,59)60)35-13-4-2-11-32(35)37/h1-4,10-17,25,36,39,51,54-55H,5-9,18-24,26H2,(H3-,44,45,47,48,56,58,59,60,61,62,63)/p+1/t36-,39+/m1/s1. The molecule has 3 heterocycles. The van der Waals surface area contributed by atoms with Crippen molar-refractivity contribution in [3.05, 3.63) is 106 Å². The minimum Gasteiger partial charge on any atom is -0.394 e. The molecule has 6 rings (SSSR count). The Balaban J connectivity index is 1.10. The van der Waals surface area contributed by atoms with Gasteiger partial charge in [0.05, 0.1) is 57.7 Å². The number of aromatic amines is 1. The van der Waals surface area contributed by atoms with E-state index in [1.165, 1.54) is 24.3 Å². The Labute approximate surface area is 389 Å². The number of rotatable bonds is 24. The number of carbonyl (C=O) groups is 3. The molecule has 25 heteroatoms. The van der Waals surface area contributed by atoms with E-state index >= 15 is 0 Å². The highest BCUT2D eigenvalue weighted by atomic mass is 32.2. The van der Waals surface area contributed by atoms with Crippen LogP contribution in [0.15, 0.2) is 88.7 Å². The number of ketones is 2. The van der Waals surface area contributed by atoms with Gasteiger partial charge in [-0.1, -0.05) is 36.4 Å². The number of aliphatic hydroxyl groups is 3. The van der Waals surface area contributed by atoms with Gasteiger partial charge in [-0.2, -0.15) is 26.4 Å². The van der Waals surface area contributed by atoms with Gasteiger partial charge in [-0.15, -0.1) is 0 Å². The summed E-state index contributed by atoms with van der Waals surface area (Å²) in [5.41, 5.74) is 0.304. The summed E-state index contributed by atoms with van der Waals surface area (Å²) in [6.45, 7) is -1.27. The molecule has 7 N–H and O–H groups in total. The quantitative estimate of drug-likeness (QED) is 0.0195. The molecule has 3 aromatic carbocycles. The summed E-state index contributed by atoms with van der Waals surface area (Å²) >= 11 is 0. The summed E-state index contributed by atoms with van der Waals surface area (Å²) in [6.07, 6.45) is -2.28. The zero-order valence-electron chi connectivity index (χ0n) is 36.1. The summed E-state index contributed by atoms with van der Waals surface area (Å²) in [6, 6.07) is 18.7. The minimum absolute atomic E-state index is 0.00676. The highest BCUT2D eigenvalue weighted by Gasteiger charge is 2.34. The van der Waals surface area contributed by atoms with E-state index in [1.54, 1.807) is 53.1 Å². The van der Waals surface area contributed by atoms with Crippen molar-refractivity contribution >= 4 is 86.7 Å². The molecule has 0 aliphatic rings. The number of nitrogens with one attached hydrogen (secondary N) is 2. The average Bonchev–Trinajstić information content (AvgIpc) is 3.28. The number of hydrogen-bond acceptors (Lipinski definition) is 17. The van der Waals surface area contributed by atoms with E-state index in [9.17, 15) is 63.8 Å². The molecule has 0 saturated carbocycles. The van der Waals surface area contributed by atoms with Crippen LogP contribution in [0.2, 0.25) is 0 Å². The Bertz CT molecular complexity index is 3200. The predicted octanol–water partition coefficient (Wildman–Crippen LogP) is 1.43. The van der Waals surface area contributed by atoms with Gasteiger partial charge in [-0.25, -0.2) is 22.7 Å². The molecule has 22 nitrogen and oxygen atoms in total. The molecule has 0 unspecified atom stereocenters. The second-order valence-electron chi connectivity index (χ2n) is 15.7. The lowest BCUT2D eigenvalue weighted by Gasteiger charge is -2.24. The number of nitrogens with zero attached hydrogens (tertiary/aromatic N) is 5. The monoisotopic (exact) mass is 998 g/mol. The number of amides is 1. The average molecular weight is 999 g/mol. The Morgan fingerprint density at radius 3 is 2.00 bits per heavy atom. The largest absolute Gasteiger partial charge is 0.394 e. The number of sulfonamides is 1. The van der Waals surface area contributed by atoms with Crippen molar-refractivity contribution in [1.29, 1.82) is 0 Å². The number of para-hydroxylation sites is 2. The lowest BCUT2D eigenvalue weighted by Crippen LogP contribution is -2.41. The maximum Gasteiger partial charge on any atom is 0.280 e. The molecule has 0 radical (unpaired) electrons. The lowest BCUT2D eigenvalue weighted by atomic mass is 10.0. The van der Waals surface area contributed by atoms with Crippen molar-refractivity contribution in [1.82, 2.24) is 24.2 Å². The first kappa shape index (κ1) is 51.2. The minimum atomic E-state index is -4.69. The second-order valence-corrected chi connectivity index (χ2v) is 20.7. The zero-order chi connectivity index (χ0) is 49.4. The lowest BCUT2D eigenvalue weighted by molar-refractivity contribution is -0.645. The van der Waals surface area contributed by atoms with Crippen molar-refractivity contribution < 1.29 is 68.6 Å². The van der Waals surface area contributed by atoms with E-state index in [-0.39, 0.29) is 83.6 Å². The van der Waals surface area contributed by atoms with Crippen LogP contribution in [-0.2, 0) is 52.8 Å². The van der Waals surface area contributed by atoms with Crippen LogP contribution in [0, 0.1) is 0 Å². The molecule has 0 aliphatic heterocycles. The first-order valence-corrected chi connectivity index (χ1v) is 25.7. The maximum absolute atomic E-state index is 14.7. The van der Waals surface area contributed by atoms with Crippen LogP contribution >= 0.6 is 0 Å². The van der Waals surface area contributed by atoms with Crippen molar-refractivity contribution in [2.75, 3.05) is 36.5 Å². The number of hydrogen-bond donors (Lipinski definition) is 7. The predicted molar refractivity (Wildman–Crippen MR) is 245 cm³/mol. The van der Waals surface area contributed by atoms with E-state index in [2.05, 4.69) is 25.3 Å². The number of anilines is 1. The fourth-order valence-electron chi connectivity index (χ4n) is 7.45. The highest BCUT2D eigenvalue weighted by molar-refractivity contribution is 7.89. The Kier molecular flexibility index (Phi) is 16.4. The topological polar surface area (TPSA) is 345 Å². The smallest absolute Gasteiger partial charge is 0.280 e. The van der Waals surface area contributed by atoms with E-state index in [1.807, 2.05) is 0 Å². The molecule has 0 aliphatic carbocycles. The van der Waals surface area contributed by atoms with Crippen LogP contribution in [-0.4, -0.2) is 129 Å². The van der Waals surface area contributed by atoms with E-state index < -0.39 is 85.0 Å². The van der Waals surface area contributed by atoms with Crippen LogP contribution in [0.3, 0.4) is 0 Å². The number of aliphatic hydroxyl groups excluding tert-OH is 3. The molecule has 0 bridgehead atoms. The summed E-state index contributed by atoms with van der Waals surface area (Å²) in [5.74, 6) is -3.12. The number of pyridine rings is 1. The summed E-state index contributed by atoms with van der Waals surface area (Å²) in [5, 5.41) is 32.2. The van der Waals surface area contributed by atoms with E-state index in [4.69, 9.17) is 5.11 Å². The fourth-order valence-corrected chi connectivity index (χ4v) is 9.86. The van der Waals surface area contributed by atoms with Crippen molar-refractivity contribution in [2.45, 2.75) is 68.6 Å². The van der Waals surface area contributed by atoms with Gasteiger partial charge in [-0.05, 0) is 49.1 Å². The number of H-pyrrole nitrogens is 1. The molecular weight excluding hydrogens is 951 g/mol.